The first-order valence-electron chi connectivity index (χ1n) is 5.41. The first kappa shape index (κ1) is 10.7. The van der Waals surface area contributed by atoms with Crippen molar-refractivity contribution in [3.63, 3.8) is 0 Å². The number of aryl methyl sites for hydroxylation is 1. The van der Waals surface area contributed by atoms with Crippen LogP contribution in [-0.4, -0.2) is 14.7 Å². The largest absolute Gasteiger partial charge is 0.507 e. The molecule has 0 fully saturated rings. The highest BCUT2D eigenvalue weighted by Crippen LogP contribution is 2.20. The van der Waals surface area contributed by atoms with Crippen LogP contribution in [-0.2, 0) is 6.54 Å². The molecule has 0 atom stereocenters. The predicted molar refractivity (Wildman–Crippen MR) is 62.6 cm³/mol. The quantitative estimate of drug-likeness (QED) is 0.856. The van der Waals surface area contributed by atoms with Gasteiger partial charge in [-0.1, -0.05) is 13.3 Å². The van der Waals surface area contributed by atoms with E-state index in [2.05, 4.69) is 11.9 Å². The van der Waals surface area contributed by atoms with Gasteiger partial charge in [0.1, 0.15) is 11.4 Å². The van der Waals surface area contributed by atoms with Gasteiger partial charge in [0.15, 0.2) is 0 Å². The molecule has 0 aliphatic carbocycles. The Morgan fingerprint density at radius 3 is 3.06 bits per heavy atom. The molecule has 0 aliphatic rings. The molecule has 2 aromatic heterocycles. The van der Waals surface area contributed by atoms with Crippen LogP contribution in [0.5, 0.6) is 5.75 Å². The number of hydrogen-bond donors (Lipinski definition) is 1. The molecule has 16 heavy (non-hydrogen) atoms. The van der Waals surface area contributed by atoms with Crippen molar-refractivity contribution in [3.05, 3.63) is 34.7 Å². The molecular formula is C12H14N2O2. The van der Waals surface area contributed by atoms with Crippen molar-refractivity contribution in [2.75, 3.05) is 0 Å². The van der Waals surface area contributed by atoms with E-state index in [1.807, 2.05) is 0 Å². The summed E-state index contributed by atoms with van der Waals surface area (Å²) in [5, 5.41) is 10.3. The van der Waals surface area contributed by atoms with Gasteiger partial charge >= 0.3 is 0 Å². The molecule has 0 saturated heterocycles. The van der Waals surface area contributed by atoms with Crippen molar-refractivity contribution in [2.45, 2.75) is 26.3 Å². The Bertz CT molecular complexity index is 560. The lowest BCUT2D eigenvalue weighted by Gasteiger charge is -2.09. The Morgan fingerprint density at radius 2 is 2.31 bits per heavy atom. The third kappa shape index (κ3) is 1.78. The number of pyridine rings is 2. The van der Waals surface area contributed by atoms with Gasteiger partial charge in [-0.15, -0.1) is 0 Å². The van der Waals surface area contributed by atoms with Gasteiger partial charge < -0.3 is 5.11 Å². The van der Waals surface area contributed by atoms with Crippen LogP contribution in [0.15, 0.2) is 29.2 Å². The summed E-state index contributed by atoms with van der Waals surface area (Å²) in [6.45, 7) is 2.71. The van der Waals surface area contributed by atoms with Gasteiger partial charge in [-0.25, -0.2) is 4.98 Å². The molecule has 2 rings (SSSR count). The van der Waals surface area contributed by atoms with E-state index in [1.54, 1.807) is 22.9 Å². The topological polar surface area (TPSA) is 55.1 Å². The number of nitrogens with zero attached hydrogens (tertiary/aromatic N) is 2. The van der Waals surface area contributed by atoms with E-state index in [4.69, 9.17) is 0 Å². The Hall–Kier alpha value is -1.84. The zero-order valence-corrected chi connectivity index (χ0v) is 9.18. The van der Waals surface area contributed by atoms with Crippen LogP contribution in [0.1, 0.15) is 19.8 Å². The van der Waals surface area contributed by atoms with Crippen LogP contribution >= 0.6 is 0 Å². The lowest BCUT2D eigenvalue weighted by atomic mass is 10.2. The van der Waals surface area contributed by atoms with E-state index in [9.17, 15) is 9.90 Å². The monoisotopic (exact) mass is 218 g/mol. The van der Waals surface area contributed by atoms with Crippen LogP contribution in [0.2, 0.25) is 0 Å². The number of rotatable bonds is 3. The third-order valence-electron chi connectivity index (χ3n) is 2.58. The second-order valence-corrected chi connectivity index (χ2v) is 3.75. The minimum absolute atomic E-state index is 0.000786. The molecule has 0 aromatic carbocycles. The van der Waals surface area contributed by atoms with Crippen LogP contribution in [0.25, 0.3) is 11.0 Å². The fourth-order valence-corrected chi connectivity index (χ4v) is 1.72. The summed E-state index contributed by atoms with van der Waals surface area (Å²) in [5.41, 5.74) is 0.359. The molecular weight excluding hydrogens is 204 g/mol. The number of aromatic nitrogens is 2. The maximum absolute atomic E-state index is 11.7. The molecule has 0 radical (unpaired) electrons. The average Bonchev–Trinajstić information content (AvgIpc) is 2.29. The molecule has 4 heteroatoms. The van der Waals surface area contributed by atoms with E-state index < -0.39 is 0 Å². The van der Waals surface area contributed by atoms with Crippen molar-refractivity contribution in [1.82, 2.24) is 9.55 Å². The molecule has 2 aromatic rings. The average molecular weight is 218 g/mol. The zero-order chi connectivity index (χ0) is 11.5. The summed E-state index contributed by atoms with van der Waals surface area (Å²) < 4.78 is 1.61. The van der Waals surface area contributed by atoms with Gasteiger partial charge in [0.25, 0.3) is 5.56 Å². The predicted octanol–water partition coefficient (Wildman–Crippen LogP) is 1.90. The standard InChI is InChI=1S/C12H14N2O2/c1-2-3-7-14-11(16)8-10(15)9-5-4-6-13-12(9)14/h4-6,8,15H,2-3,7H2,1H3. The lowest BCUT2D eigenvalue weighted by Crippen LogP contribution is -2.20. The van der Waals surface area contributed by atoms with Crippen LogP contribution in [0, 0.1) is 0 Å². The van der Waals surface area contributed by atoms with Crippen molar-refractivity contribution in [3.8, 4) is 5.75 Å². The molecule has 0 amide bonds. The van der Waals surface area contributed by atoms with E-state index in [0.717, 1.165) is 12.8 Å². The molecule has 0 aliphatic heterocycles. The molecule has 0 spiro atoms. The van der Waals surface area contributed by atoms with E-state index in [1.165, 1.54) is 6.07 Å². The van der Waals surface area contributed by atoms with E-state index in [0.29, 0.717) is 17.6 Å². The Balaban J connectivity index is 2.66. The first-order chi connectivity index (χ1) is 7.74. The van der Waals surface area contributed by atoms with Crippen molar-refractivity contribution < 1.29 is 5.11 Å². The van der Waals surface area contributed by atoms with Gasteiger partial charge in [-0.05, 0) is 18.6 Å². The summed E-state index contributed by atoms with van der Waals surface area (Å²) in [6.07, 6.45) is 3.57. The normalized spacial score (nSPS) is 10.8. The second kappa shape index (κ2) is 4.35. The summed E-state index contributed by atoms with van der Waals surface area (Å²) in [6, 6.07) is 4.76. The summed E-state index contributed by atoms with van der Waals surface area (Å²) in [7, 11) is 0. The number of fused-ring (bicyclic) bond motifs is 1. The molecule has 1 N–H and O–H groups in total. The maximum atomic E-state index is 11.7. The minimum atomic E-state index is -0.197. The van der Waals surface area contributed by atoms with Crippen LogP contribution < -0.4 is 5.56 Å². The van der Waals surface area contributed by atoms with Gasteiger partial charge in [0, 0.05) is 18.8 Å². The third-order valence-corrected chi connectivity index (χ3v) is 2.58. The maximum Gasteiger partial charge on any atom is 0.255 e. The van der Waals surface area contributed by atoms with Gasteiger partial charge in [0.05, 0.1) is 5.39 Å². The molecule has 4 nitrogen and oxygen atoms in total. The molecule has 0 bridgehead atoms. The molecule has 0 unspecified atom stereocenters. The summed E-state index contributed by atoms with van der Waals surface area (Å²) >= 11 is 0. The Kier molecular flexibility index (Phi) is 2.90. The first-order valence-corrected chi connectivity index (χ1v) is 5.41. The molecule has 84 valence electrons. The van der Waals surface area contributed by atoms with Crippen molar-refractivity contribution in [1.29, 1.82) is 0 Å². The molecule has 0 saturated carbocycles. The van der Waals surface area contributed by atoms with Crippen LogP contribution in [0.3, 0.4) is 0 Å². The number of aromatic hydroxyl groups is 1. The second-order valence-electron chi connectivity index (χ2n) is 3.75. The Labute approximate surface area is 93.2 Å². The van der Waals surface area contributed by atoms with Gasteiger partial charge in [-0.2, -0.15) is 0 Å². The van der Waals surface area contributed by atoms with E-state index in [-0.39, 0.29) is 11.3 Å². The zero-order valence-electron chi connectivity index (χ0n) is 9.18. The number of unbranched alkanes of at least 4 members (excludes halogenated alkanes) is 1. The summed E-state index contributed by atoms with van der Waals surface area (Å²) in [4.78, 5) is 15.9. The highest BCUT2D eigenvalue weighted by Gasteiger charge is 2.07. The fourth-order valence-electron chi connectivity index (χ4n) is 1.72. The highest BCUT2D eigenvalue weighted by molar-refractivity contribution is 5.81. The van der Waals surface area contributed by atoms with Gasteiger partial charge in [0.2, 0.25) is 0 Å². The van der Waals surface area contributed by atoms with Crippen LogP contribution in [0.4, 0.5) is 0 Å². The molecule has 2 heterocycles. The SMILES string of the molecule is CCCCn1c(=O)cc(O)c2cccnc21. The number of hydrogen-bond acceptors (Lipinski definition) is 3. The van der Waals surface area contributed by atoms with Crippen molar-refractivity contribution in [2.24, 2.45) is 0 Å². The van der Waals surface area contributed by atoms with Crippen molar-refractivity contribution >= 4 is 11.0 Å². The lowest BCUT2D eigenvalue weighted by molar-refractivity contribution is 0.478. The fraction of sp³-hybridized carbons (Fsp3) is 0.333. The smallest absolute Gasteiger partial charge is 0.255 e. The van der Waals surface area contributed by atoms with Gasteiger partial charge in [-0.3, -0.25) is 9.36 Å². The van der Waals surface area contributed by atoms with E-state index >= 15 is 0 Å². The summed E-state index contributed by atoms with van der Waals surface area (Å²) in [5.74, 6) is 0.000786. The Morgan fingerprint density at radius 1 is 1.50 bits per heavy atom. The minimum Gasteiger partial charge on any atom is -0.507 e. The highest BCUT2D eigenvalue weighted by atomic mass is 16.3.